The molecule has 1 fully saturated rings. The van der Waals surface area contributed by atoms with Crippen molar-refractivity contribution in [3.63, 3.8) is 0 Å². The summed E-state index contributed by atoms with van der Waals surface area (Å²) in [5.74, 6) is 0.218. The predicted octanol–water partition coefficient (Wildman–Crippen LogP) is -2.74. The summed E-state index contributed by atoms with van der Waals surface area (Å²) < 4.78 is 6.85. The minimum Gasteiger partial charge on any atom is -0.394 e. The number of hydrogen-bond donors (Lipinski definition) is 4. The molecular weight excluding hydrogens is 300 g/mol. The number of anilines is 1. The molecular formula is C10H13N5Na2O4. The van der Waals surface area contributed by atoms with Crippen molar-refractivity contribution in [3.8, 4) is 0 Å². The molecule has 11 heteroatoms. The van der Waals surface area contributed by atoms with Crippen LogP contribution in [0.5, 0.6) is 0 Å². The summed E-state index contributed by atoms with van der Waals surface area (Å²) in [4.78, 5) is 11.9. The second kappa shape index (κ2) is 7.64. The fraction of sp³-hybridized carbons (Fsp3) is 0.500. The van der Waals surface area contributed by atoms with Crippen molar-refractivity contribution in [3.05, 3.63) is 12.7 Å². The molecule has 0 spiro atoms. The average molecular weight is 313 g/mol. The van der Waals surface area contributed by atoms with Crippen LogP contribution in [0.4, 0.5) is 5.82 Å². The fourth-order valence-corrected chi connectivity index (χ4v) is 2.17. The Morgan fingerprint density at radius 2 is 1.90 bits per heavy atom. The second-order valence-corrected chi connectivity index (χ2v) is 4.31. The van der Waals surface area contributed by atoms with Gasteiger partial charge in [-0.2, -0.15) is 0 Å². The molecule has 0 unspecified atom stereocenters. The number of hydrogen-bond acceptors (Lipinski definition) is 8. The molecule has 0 aliphatic carbocycles. The third kappa shape index (κ3) is 3.27. The van der Waals surface area contributed by atoms with Crippen LogP contribution in [0.15, 0.2) is 12.7 Å². The van der Waals surface area contributed by atoms with Gasteiger partial charge in [0.1, 0.15) is 30.2 Å². The number of aliphatic hydroxyl groups excluding tert-OH is 3. The van der Waals surface area contributed by atoms with Gasteiger partial charge in [0, 0.05) is 59.1 Å². The molecule has 1 aliphatic rings. The number of imidazole rings is 1. The zero-order chi connectivity index (χ0) is 13.6. The van der Waals surface area contributed by atoms with Crippen molar-refractivity contribution in [2.24, 2.45) is 0 Å². The van der Waals surface area contributed by atoms with E-state index in [1.54, 1.807) is 0 Å². The molecule has 0 saturated carbocycles. The topological polar surface area (TPSA) is 140 Å². The van der Waals surface area contributed by atoms with Gasteiger partial charge in [0.15, 0.2) is 17.7 Å². The van der Waals surface area contributed by atoms with Crippen LogP contribution in [0.2, 0.25) is 0 Å². The van der Waals surface area contributed by atoms with Gasteiger partial charge in [0.25, 0.3) is 0 Å². The fourth-order valence-electron chi connectivity index (χ4n) is 2.17. The molecule has 21 heavy (non-hydrogen) atoms. The summed E-state index contributed by atoms with van der Waals surface area (Å²) in [7, 11) is 0. The number of ether oxygens (including phenoxy) is 1. The summed E-state index contributed by atoms with van der Waals surface area (Å²) in [6.07, 6.45) is -1.42. The number of aromatic nitrogens is 4. The van der Waals surface area contributed by atoms with Crippen LogP contribution >= 0.6 is 0 Å². The van der Waals surface area contributed by atoms with Crippen LogP contribution in [0, 0.1) is 0 Å². The van der Waals surface area contributed by atoms with E-state index >= 15 is 0 Å². The zero-order valence-corrected chi connectivity index (χ0v) is 15.8. The minimum atomic E-state index is -1.19. The summed E-state index contributed by atoms with van der Waals surface area (Å²) in [5.41, 5.74) is 6.44. The maximum Gasteiger partial charge on any atom is 0.167 e. The van der Waals surface area contributed by atoms with Crippen molar-refractivity contribution in [2.45, 2.75) is 24.5 Å². The van der Waals surface area contributed by atoms with Gasteiger partial charge in [-0.15, -0.1) is 0 Å². The maximum absolute atomic E-state index is 9.95. The van der Waals surface area contributed by atoms with Crippen molar-refractivity contribution in [1.29, 1.82) is 0 Å². The molecule has 5 N–H and O–H groups in total. The van der Waals surface area contributed by atoms with E-state index in [2.05, 4.69) is 15.0 Å². The molecule has 0 bridgehead atoms. The SMILES string of the molecule is Nc1ncnc2c1ncn2[C@@H]1O[C@H](CO)[C@@H](O)[C@H]1O.[Na].[Na]. The Balaban J connectivity index is 0.00000110. The van der Waals surface area contributed by atoms with Gasteiger partial charge in [-0.3, -0.25) is 4.57 Å². The molecule has 3 heterocycles. The Hall–Kier alpha value is 0.190. The number of aliphatic hydroxyl groups is 3. The molecule has 0 aromatic carbocycles. The molecule has 9 nitrogen and oxygen atoms in total. The standard InChI is InChI=1S/C10H13N5O4.2Na/c11-8-5-9(13-2-12-8)15(3-14-5)10-7(18)6(17)4(1-16)19-10;;/h2-4,6-7,10,16-18H,1H2,(H2,11,12,13);;/t4-,6-,7-,10-;;/m1../s1. The maximum atomic E-state index is 9.95. The quantitative estimate of drug-likeness (QED) is 0.438. The van der Waals surface area contributed by atoms with E-state index in [9.17, 15) is 10.2 Å². The number of nitrogens with two attached hydrogens (primary N) is 1. The van der Waals surface area contributed by atoms with E-state index in [0.29, 0.717) is 11.2 Å². The van der Waals surface area contributed by atoms with Gasteiger partial charge in [-0.25, -0.2) is 15.0 Å². The normalized spacial score (nSPS) is 28.1. The molecule has 1 saturated heterocycles. The van der Waals surface area contributed by atoms with E-state index in [1.807, 2.05) is 0 Å². The van der Waals surface area contributed by atoms with Crippen LogP contribution in [-0.4, -0.2) is 119 Å². The van der Waals surface area contributed by atoms with Crippen LogP contribution in [0.1, 0.15) is 6.23 Å². The molecule has 2 radical (unpaired) electrons. The first kappa shape index (κ1) is 19.2. The molecule has 2 aromatic heterocycles. The first-order valence-corrected chi connectivity index (χ1v) is 5.69. The van der Waals surface area contributed by atoms with E-state index in [1.165, 1.54) is 17.2 Å². The Bertz CT molecular complexity index is 612. The van der Waals surface area contributed by atoms with E-state index < -0.39 is 31.1 Å². The average Bonchev–Trinajstić information content (AvgIpc) is 2.94. The second-order valence-electron chi connectivity index (χ2n) is 4.31. The van der Waals surface area contributed by atoms with Gasteiger partial charge in [0.05, 0.1) is 12.9 Å². The first-order chi connectivity index (χ1) is 9.13. The summed E-state index contributed by atoms with van der Waals surface area (Å²) in [5, 5.41) is 28.7. The Morgan fingerprint density at radius 1 is 1.19 bits per heavy atom. The van der Waals surface area contributed by atoms with Crippen LogP contribution in [-0.2, 0) is 4.74 Å². The van der Waals surface area contributed by atoms with Crippen molar-refractivity contribution < 1.29 is 20.1 Å². The monoisotopic (exact) mass is 313 g/mol. The van der Waals surface area contributed by atoms with E-state index in [0.717, 1.165) is 0 Å². The van der Waals surface area contributed by atoms with Gasteiger partial charge >= 0.3 is 0 Å². The van der Waals surface area contributed by atoms with Crippen molar-refractivity contribution in [1.82, 2.24) is 19.5 Å². The first-order valence-electron chi connectivity index (χ1n) is 5.69. The number of nitrogen functional groups attached to an aromatic ring is 1. The number of nitrogens with zero attached hydrogens (tertiary/aromatic N) is 4. The van der Waals surface area contributed by atoms with Crippen molar-refractivity contribution in [2.75, 3.05) is 12.3 Å². The van der Waals surface area contributed by atoms with Gasteiger partial charge in [0.2, 0.25) is 0 Å². The number of rotatable bonds is 2. The Labute approximate surface area is 164 Å². The third-order valence-corrected chi connectivity index (χ3v) is 3.18. The smallest absolute Gasteiger partial charge is 0.167 e. The van der Waals surface area contributed by atoms with Crippen molar-refractivity contribution >= 4 is 76.1 Å². The third-order valence-electron chi connectivity index (χ3n) is 3.18. The Kier molecular flexibility index (Phi) is 7.00. The van der Waals surface area contributed by atoms with Gasteiger partial charge < -0.3 is 25.8 Å². The van der Waals surface area contributed by atoms with Crippen LogP contribution in [0.3, 0.4) is 0 Å². The Morgan fingerprint density at radius 3 is 2.52 bits per heavy atom. The molecule has 3 rings (SSSR count). The van der Waals surface area contributed by atoms with Crippen LogP contribution < -0.4 is 5.73 Å². The van der Waals surface area contributed by atoms with Gasteiger partial charge in [-0.1, -0.05) is 0 Å². The zero-order valence-electron chi connectivity index (χ0n) is 11.8. The summed E-state index contributed by atoms with van der Waals surface area (Å²) in [6, 6.07) is 0. The summed E-state index contributed by atoms with van der Waals surface area (Å²) >= 11 is 0. The molecule has 0 amide bonds. The van der Waals surface area contributed by atoms with Crippen LogP contribution in [0.25, 0.3) is 11.2 Å². The molecule has 2 aromatic rings. The van der Waals surface area contributed by atoms with E-state index in [-0.39, 0.29) is 64.9 Å². The molecule has 104 valence electrons. The van der Waals surface area contributed by atoms with E-state index in [4.69, 9.17) is 15.6 Å². The predicted molar refractivity (Wildman–Crippen MR) is 74.3 cm³/mol. The largest absolute Gasteiger partial charge is 0.394 e. The number of fused-ring (bicyclic) bond motifs is 1. The van der Waals surface area contributed by atoms with Gasteiger partial charge in [-0.05, 0) is 0 Å². The molecule has 1 aliphatic heterocycles. The summed E-state index contributed by atoms with van der Waals surface area (Å²) in [6.45, 7) is -0.390. The molecule has 4 atom stereocenters. The minimum absolute atomic E-state index is 0.